The first kappa shape index (κ1) is 15.0. The molecule has 0 aliphatic heterocycles. The Morgan fingerprint density at radius 2 is 1.91 bits per heavy atom. The van der Waals surface area contributed by atoms with Crippen LogP contribution in [0, 0.1) is 5.41 Å². The van der Waals surface area contributed by atoms with Crippen LogP contribution in [0.25, 0.3) is 0 Å². The maximum Gasteiger partial charge on any atom is 0.150 e. The lowest BCUT2D eigenvalue weighted by atomic mass is 9.82. The molecule has 0 spiro atoms. The topological polar surface area (TPSA) is 34.1 Å². The van der Waals surface area contributed by atoms with E-state index in [0.717, 1.165) is 61.4 Å². The molecular formula is C20H22O2. The highest BCUT2D eigenvalue weighted by Crippen LogP contribution is 2.61. The van der Waals surface area contributed by atoms with Gasteiger partial charge in [-0.15, -0.1) is 0 Å². The molecule has 2 aliphatic rings. The Bertz CT molecular complexity index is 694. The molecule has 1 fully saturated rings. The summed E-state index contributed by atoms with van der Waals surface area (Å²) in [5.74, 6) is 0. The van der Waals surface area contributed by atoms with E-state index in [-0.39, 0.29) is 5.41 Å². The number of hydrogen-bond acceptors (Lipinski definition) is 2. The zero-order chi connectivity index (χ0) is 15.7. The first-order chi connectivity index (χ1) is 10.7. The average molecular weight is 294 g/mol. The molecule has 1 aromatic rings. The lowest BCUT2D eigenvalue weighted by molar-refractivity contribution is -0.104. The summed E-state index contributed by atoms with van der Waals surface area (Å²) >= 11 is 0. The predicted octanol–water partition coefficient (Wildman–Crippen LogP) is 4.23. The Morgan fingerprint density at radius 3 is 2.55 bits per heavy atom. The molecule has 22 heavy (non-hydrogen) atoms. The van der Waals surface area contributed by atoms with Crippen molar-refractivity contribution in [1.82, 2.24) is 0 Å². The molecule has 1 saturated carbocycles. The standard InChI is InChI=1S/C20H22O2/c1-3-15-6-5-14(7-17(15)12-21)9-20-10-16(4-2)18(13-22)8-19(20)11-20/h5-8,12-13H,3-4,9-11H2,1-2H3. The maximum atomic E-state index is 11.2. The number of aldehydes is 2. The van der Waals surface area contributed by atoms with Crippen molar-refractivity contribution in [3.8, 4) is 0 Å². The van der Waals surface area contributed by atoms with E-state index in [4.69, 9.17) is 0 Å². The maximum absolute atomic E-state index is 11.2. The molecule has 0 aromatic heterocycles. The molecule has 3 rings (SSSR count). The first-order valence-electron chi connectivity index (χ1n) is 8.11. The second-order valence-electron chi connectivity index (χ2n) is 6.52. The van der Waals surface area contributed by atoms with Gasteiger partial charge in [0.1, 0.15) is 12.6 Å². The highest BCUT2D eigenvalue weighted by molar-refractivity contribution is 5.81. The van der Waals surface area contributed by atoms with Crippen LogP contribution in [0.3, 0.4) is 0 Å². The predicted molar refractivity (Wildman–Crippen MR) is 88.0 cm³/mol. The van der Waals surface area contributed by atoms with Crippen LogP contribution in [-0.2, 0) is 17.6 Å². The van der Waals surface area contributed by atoms with E-state index >= 15 is 0 Å². The summed E-state index contributed by atoms with van der Waals surface area (Å²) in [6.45, 7) is 4.19. The van der Waals surface area contributed by atoms with E-state index in [2.05, 4.69) is 32.1 Å². The molecule has 1 unspecified atom stereocenters. The third-order valence-corrected chi connectivity index (χ3v) is 5.19. The number of rotatable bonds is 6. The van der Waals surface area contributed by atoms with Crippen LogP contribution >= 0.6 is 0 Å². The van der Waals surface area contributed by atoms with E-state index in [1.165, 1.54) is 16.7 Å². The normalized spacial score (nSPS) is 22.9. The van der Waals surface area contributed by atoms with E-state index in [1.807, 2.05) is 6.07 Å². The zero-order valence-electron chi connectivity index (χ0n) is 13.3. The number of aryl methyl sites for hydroxylation is 1. The second kappa shape index (κ2) is 5.68. The van der Waals surface area contributed by atoms with Crippen LogP contribution in [-0.4, -0.2) is 12.6 Å². The minimum absolute atomic E-state index is 0.214. The lowest BCUT2D eigenvalue weighted by Crippen LogP contribution is -2.12. The van der Waals surface area contributed by atoms with Crippen molar-refractivity contribution in [3.63, 3.8) is 0 Å². The van der Waals surface area contributed by atoms with Gasteiger partial charge in [0, 0.05) is 16.6 Å². The van der Waals surface area contributed by atoms with E-state index < -0.39 is 0 Å². The van der Waals surface area contributed by atoms with Crippen LogP contribution in [0.2, 0.25) is 0 Å². The first-order valence-corrected chi connectivity index (χ1v) is 8.11. The van der Waals surface area contributed by atoms with Crippen molar-refractivity contribution >= 4 is 12.6 Å². The molecule has 2 nitrogen and oxygen atoms in total. The molecule has 1 aromatic carbocycles. The minimum Gasteiger partial charge on any atom is -0.298 e. The number of benzene rings is 1. The van der Waals surface area contributed by atoms with E-state index in [1.54, 1.807) is 0 Å². The van der Waals surface area contributed by atoms with Crippen LogP contribution in [0.15, 0.2) is 41.0 Å². The Hall–Kier alpha value is -1.96. The fraction of sp³-hybridized carbons (Fsp3) is 0.400. The van der Waals surface area contributed by atoms with Gasteiger partial charge in [0.05, 0.1) is 0 Å². The highest BCUT2D eigenvalue weighted by Gasteiger charge is 2.50. The quantitative estimate of drug-likeness (QED) is 0.736. The summed E-state index contributed by atoms with van der Waals surface area (Å²) in [6.07, 6.45) is 8.93. The summed E-state index contributed by atoms with van der Waals surface area (Å²) < 4.78 is 0. The summed E-state index contributed by atoms with van der Waals surface area (Å²) in [5, 5.41) is 0. The molecular weight excluding hydrogens is 272 g/mol. The highest BCUT2D eigenvalue weighted by atomic mass is 16.1. The lowest BCUT2D eigenvalue weighted by Gasteiger charge is -2.21. The average Bonchev–Trinajstić information content (AvgIpc) is 3.25. The molecule has 114 valence electrons. The second-order valence-corrected chi connectivity index (χ2v) is 6.52. The van der Waals surface area contributed by atoms with Gasteiger partial charge in [0.15, 0.2) is 0 Å². The summed E-state index contributed by atoms with van der Waals surface area (Å²) in [7, 11) is 0. The summed E-state index contributed by atoms with van der Waals surface area (Å²) in [6, 6.07) is 6.28. The van der Waals surface area contributed by atoms with Gasteiger partial charge in [-0.25, -0.2) is 0 Å². The van der Waals surface area contributed by atoms with Gasteiger partial charge in [0.2, 0.25) is 0 Å². The summed E-state index contributed by atoms with van der Waals surface area (Å²) in [4.78, 5) is 22.4. The molecule has 2 aliphatic carbocycles. The smallest absolute Gasteiger partial charge is 0.150 e. The third-order valence-electron chi connectivity index (χ3n) is 5.19. The number of carbonyl (C=O) groups is 2. The number of fused-ring (bicyclic) bond motifs is 1. The number of carbonyl (C=O) groups excluding carboxylic acids is 2. The largest absolute Gasteiger partial charge is 0.298 e. The Kier molecular flexibility index (Phi) is 3.86. The van der Waals surface area contributed by atoms with Crippen molar-refractivity contribution in [2.75, 3.05) is 0 Å². The minimum atomic E-state index is 0.214. The Balaban J connectivity index is 1.84. The van der Waals surface area contributed by atoms with E-state index in [9.17, 15) is 9.59 Å². The van der Waals surface area contributed by atoms with Gasteiger partial charge in [-0.2, -0.15) is 0 Å². The zero-order valence-corrected chi connectivity index (χ0v) is 13.3. The number of allylic oxidation sites excluding steroid dienone is 4. The van der Waals surface area contributed by atoms with Crippen molar-refractivity contribution in [1.29, 1.82) is 0 Å². The molecule has 0 saturated heterocycles. The third kappa shape index (κ3) is 2.47. The Labute approximate surface area is 131 Å². The van der Waals surface area contributed by atoms with E-state index in [0.29, 0.717) is 0 Å². The molecule has 1 atom stereocenters. The van der Waals surface area contributed by atoms with Gasteiger partial charge in [-0.05, 0) is 49.3 Å². The van der Waals surface area contributed by atoms with Crippen molar-refractivity contribution < 1.29 is 9.59 Å². The molecule has 0 radical (unpaired) electrons. The molecule has 0 N–H and O–H groups in total. The fourth-order valence-corrected chi connectivity index (χ4v) is 3.76. The number of hydrogen-bond donors (Lipinski definition) is 0. The van der Waals surface area contributed by atoms with Crippen LogP contribution in [0.1, 0.15) is 54.6 Å². The fourth-order valence-electron chi connectivity index (χ4n) is 3.76. The van der Waals surface area contributed by atoms with Crippen molar-refractivity contribution in [2.24, 2.45) is 5.41 Å². The molecule has 2 heteroatoms. The van der Waals surface area contributed by atoms with Gasteiger partial charge >= 0.3 is 0 Å². The molecule has 0 amide bonds. The Morgan fingerprint density at radius 1 is 1.09 bits per heavy atom. The molecule has 0 heterocycles. The SMILES string of the molecule is CCC1=C(C=O)C=C2CC2(Cc2ccc(CC)c(C=O)c2)C1. The van der Waals surface area contributed by atoms with Gasteiger partial charge in [0.25, 0.3) is 0 Å². The van der Waals surface area contributed by atoms with Crippen molar-refractivity contribution in [3.05, 3.63) is 57.7 Å². The molecule has 0 bridgehead atoms. The van der Waals surface area contributed by atoms with Crippen LogP contribution < -0.4 is 0 Å². The van der Waals surface area contributed by atoms with Gasteiger partial charge < -0.3 is 0 Å². The van der Waals surface area contributed by atoms with Gasteiger partial charge in [-0.3, -0.25) is 9.59 Å². The van der Waals surface area contributed by atoms with Crippen molar-refractivity contribution in [2.45, 2.75) is 46.0 Å². The van der Waals surface area contributed by atoms with Crippen LogP contribution in [0.4, 0.5) is 0 Å². The summed E-state index contributed by atoms with van der Waals surface area (Å²) in [5.41, 5.74) is 6.94. The van der Waals surface area contributed by atoms with Gasteiger partial charge in [-0.1, -0.05) is 43.2 Å². The van der Waals surface area contributed by atoms with Crippen LogP contribution in [0.5, 0.6) is 0 Å². The monoisotopic (exact) mass is 294 g/mol.